The molecule has 0 radical (unpaired) electrons. The normalized spacial score (nSPS) is 20.3. The molecule has 23 heavy (non-hydrogen) atoms. The maximum atomic E-state index is 11.0. The Morgan fingerprint density at radius 1 is 1.35 bits per heavy atom. The molecule has 9 heteroatoms. The lowest BCUT2D eigenvalue weighted by Gasteiger charge is -2.24. The zero-order valence-corrected chi connectivity index (χ0v) is 14.2. The number of nitro groups is 1. The van der Waals surface area contributed by atoms with Crippen LogP contribution in [0.1, 0.15) is 6.92 Å². The average Bonchev–Trinajstić information content (AvgIpc) is 2.40. The summed E-state index contributed by atoms with van der Waals surface area (Å²) < 4.78 is 0. The van der Waals surface area contributed by atoms with Gasteiger partial charge in [-0.3, -0.25) is 10.1 Å². The number of hydrogen-bond acceptors (Lipinski definition) is 4. The quantitative estimate of drug-likeness (QED) is 0.423. The van der Waals surface area contributed by atoms with E-state index in [1.165, 1.54) is 6.08 Å². The van der Waals surface area contributed by atoms with Gasteiger partial charge in [-0.2, -0.15) is 0 Å². The van der Waals surface area contributed by atoms with Crippen LogP contribution in [-0.4, -0.2) is 21.2 Å². The van der Waals surface area contributed by atoms with Crippen LogP contribution in [0, 0.1) is 16.0 Å². The smallest absolute Gasteiger partial charge is 0.292 e. The summed E-state index contributed by atoms with van der Waals surface area (Å²) in [7, 11) is 0. The number of allylic oxidation sites excluding steroid dienone is 1. The van der Waals surface area contributed by atoms with Crippen LogP contribution >= 0.6 is 35.4 Å². The minimum atomic E-state index is -0.592. The number of hydrogen-bond donors (Lipinski definition) is 3. The van der Waals surface area contributed by atoms with Gasteiger partial charge < -0.3 is 15.7 Å². The first-order chi connectivity index (χ1) is 10.8. The first-order valence-corrected chi connectivity index (χ1v) is 7.73. The van der Waals surface area contributed by atoms with Gasteiger partial charge in [-0.1, -0.05) is 29.3 Å². The predicted octanol–water partition coefficient (Wildman–Crippen LogP) is 3.90. The van der Waals surface area contributed by atoms with Gasteiger partial charge in [0.2, 0.25) is 0 Å². The number of thiocarbonyl (C=S) groups is 1. The molecule has 2 atom stereocenters. The van der Waals surface area contributed by atoms with Gasteiger partial charge in [0.1, 0.15) is 0 Å². The van der Waals surface area contributed by atoms with Gasteiger partial charge in [-0.05, 0) is 43.4 Å². The Morgan fingerprint density at radius 3 is 2.52 bits per heavy atom. The molecule has 0 fully saturated rings. The summed E-state index contributed by atoms with van der Waals surface area (Å²) >= 11 is 17.0. The number of aliphatic hydroxyl groups excluding tert-OH is 1. The number of benzene rings is 1. The largest absolute Gasteiger partial charge is 0.502 e. The molecular weight excluding hydrogens is 361 g/mol. The highest BCUT2D eigenvalue weighted by Gasteiger charge is 2.34. The number of nitrogens with one attached hydrogen (secondary N) is 2. The van der Waals surface area contributed by atoms with Gasteiger partial charge in [0.25, 0.3) is 5.70 Å². The van der Waals surface area contributed by atoms with Crippen LogP contribution in [0.5, 0.6) is 0 Å². The fourth-order valence-corrected chi connectivity index (χ4v) is 3.01. The summed E-state index contributed by atoms with van der Waals surface area (Å²) in [5, 5.41) is 27.7. The molecule has 0 bridgehead atoms. The van der Waals surface area contributed by atoms with Crippen molar-refractivity contribution in [2.45, 2.75) is 13.0 Å². The third kappa shape index (κ3) is 4.34. The second-order valence-electron chi connectivity index (χ2n) is 4.96. The number of anilines is 1. The second kappa shape index (κ2) is 7.16. The highest BCUT2D eigenvalue weighted by molar-refractivity contribution is 7.80. The molecule has 0 aliphatic heterocycles. The highest BCUT2D eigenvalue weighted by Crippen LogP contribution is 2.25. The maximum absolute atomic E-state index is 11.0. The van der Waals surface area contributed by atoms with Crippen LogP contribution < -0.4 is 10.6 Å². The third-order valence-corrected chi connectivity index (χ3v) is 3.97. The van der Waals surface area contributed by atoms with Crippen molar-refractivity contribution >= 4 is 46.2 Å². The summed E-state index contributed by atoms with van der Waals surface area (Å²) in [5.41, 5.74) is 0.346. The Balaban J connectivity index is 2.06. The van der Waals surface area contributed by atoms with Gasteiger partial charge in [-0.15, -0.1) is 0 Å². The van der Waals surface area contributed by atoms with E-state index in [0.29, 0.717) is 15.7 Å². The van der Waals surface area contributed by atoms with Crippen LogP contribution in [0.3, 0.4) is 0 Å². The molecule has 0 saturated carbocycles. The zero-order valence-electron chi connectivity index (χ0n) is 11.9. The van der Waals surface area contributed by atoms with Crippen molar-refractivity contribution < 1.29 is 10.0 Å². The van der Waals surface area contributed by atoms with Crippen molar-refractivity contribution in [3.63, 3.8) is 0 Å². The molecule has 2 unspecified atom stereocenters. The van der Waals surface area contributed by atoms with E-state index in [4.69, 9.17) is 35.4 Å². The van der Waals surface area contributed by atoms with Crippen molar-refractivity contribution in [3.05, 3.63) is 62.0 Å². The molecule has 1 aromatic rings. The van der Waals surface area contributed by atoms with Crippen LogP contribution in [0.25, 0.3) is 0 Å². The molecule has 1 aliphatic carbocycles. The Kier molecular flexibility index (Phi) is 5.46. The zero-order chi connectivity index (χ0) is 17.1. The Hall–Kier alpha value is -1.83. The second-order valence-corrected chi connectivity index (χ2v) is 6.24. The summed E-state index contributed by atoms with van der Waals surface area (Å²) in [6, 6.07) is 4.46. The van der Waals surface area contributed by atoms with Gasteiger partial charge in [0.15, 0.2) is 10.9 Å². The lowest BCUT2D eigenvalue weighted by Crippen LogP contribution is -2.43. The highest BCUT2D eigenvalue weighted by atomic mass is 35.5. The van der Waals surface area contributed by atoms with Crippen LogP contribution in [0.4, 0.5) is 5.69 Å². The van der Waals surface area contributed by atoms with Gasteiger partial charge in [0.05, 0.1) is 16.9 Å². The molecule has 0 spiro atoms. The van der Waals surface area contributed by atoms with Gasteiger partial charge in [-0.25, -0.2) is 0 Å². The van der Waals surface area contributed by atoms with E-state index in [9.17, 15) is 15.2 Å². The van der Waals surface area contributed by atoms with E-state index in [2.05, 4.69) is 10.6 Å². The molecular formula is C14H13Cl2N3O3S. The summed E-state index contributed by atoms with van der Waals surface area (Å²) in [4.78, 5) is 10.4. The first kappa shape index (κ1) is 17.5. The number of aliphatic hydroxyl groups is 1. The lowest BCUT2D eigenvalue weighted by atomic mass is 9.93. The molecule has 0 aromatic heterocycles. The summed E-state index contributed by atoms with van der Waals surface area (Å²) in [6.07, 6.45) is 2.90. The van der Waals surface area contributed by atoms with Crippen LogP contribution in [0.2, 0.25) is 10.0 Å². The number of halogens is 2. The topological polar surface area (TPSA) is 87.4 Å². The van der Waals surface area contributed by atoms with Crippen molar-refractivity contribution in [2.75, 3.05) is 5.32 Å². The van der Waals surface area contributed by atoms with Crippen molar-refractivity contribution in [2.24, 2.45) is 5.92 Å². The van der Waals surface area contributed by atoms with E-state index in [-0.39, 0.29) is 16.6 Å². The fourth-order valence-electron chi connectivity index (χ4n) is 2.23. The van der Waals surface area contributed by atoms with Crippen LogP contribution in [-0.2, 0) is 0 Å². The SMILES string of the molecule is CC1C([N+](=O)[O-])=C(O)C=CC1NC(=S)Nc1cc(Cl)cc(Cl)c1. The predicted molar refractivity (Wildman–Crippen MR) is 94.6 cm³/mol. The molecule has 1 aliphatic rings. The molecule has 3 N–H and O–H groups in total. The standard InChI is InChI=1S/C14H13Cl2N3O3S/c1-7-11(2-3-12(20)13(7)19(21)22)18-14(23)17-10-5-8(15)4-9(16)6-10/h2-7,11,20H,1H3,(H2,17,18,23). The van der Waals surface area contributed by atoms with Crippen molar-refractivity contribution in [1.29, 1.82) is 0 Å². The number of rotatable bonds is 3. The Bertz CT molecular complexity index is 701. The Labute approximate surface area is 147 Å². The maximum Gasteiger partial charge on any atom is 0.292 e. The van der Waals surface area contributed by atoms with E-state index in [1.54, 1.807) is 31.2 Å². The average molecular weight is 374 g/mol. The van der Waals surface area contributed by atoms with E-state index < -0.39 is 16.9 Å². The molecule has 0 heterocycles. The molecule has 0 saturated heterocycles. The summed E-state index contributed by atoms with van der Waals surface area (Å²) in [5.74, 6) is -0.904. The van der Waals surface area contributed by atoms with E-state index in [0.717, 1.165) is 0 Å². The molecule has 2 rings (SSSR count). The molecule has 1 aromatic carbocycles. The monoisotopic (exact) mass is 373 g/mol. The van der Waals surface area contributed by atoms with Crippen molar-refractivity contribution in [3.8, 4) is 0 Å². The van der Waals surface area contributed by atoms with E-state index >= 15 is 0 Å². The first-order valence-electron chi connectivity index (χ1n) is 6.57. The fraction of sp³-hybridized carbons (Fsp3) is 0.214. The molecule has 0 amide bonds. The van der Waals surface area contributed by atoms with E-state index in [1.807, 2.05) is 0 Å². The molecule has 122 valence electrons. The number of nitrogens with zero attached hydrogens (tertiary/aromatic N) is 1. The van der Waals surface area contributed by atoms with Crippen LogP contribution in [0.15, 0.2) is 41.8 Å². The lowest BCUT2D eigenvalue weighted by molar-refractivity contribution is -0.436. The van der Waals surface area contributed by atoms with Gasteiger partial charge >= 0.3 is 0 Å². The minimum absolute atomic E-state index is 0.251. The minimum Gasteiger partial charge on any atom is -0.502 e. The third-order valence-electron chi connectivity index (χ3n) is 3.31. The molecule has 6 nitrogen and oxygen atoms in total. The Morgan fingerprint density at radius 2 is 1.96 bits per heavy atom. The summed E-state index contributed by atoms with van der Waals surface area (Å²) in [6.45, 7) is 1.63. The van der Waals surface area contributed by atoms with Crippen molar-refractivity contribution in [1.82, 2.24) is 5.32 Å². The van der Waals surface area contributed by atoms with Gasteiger partial charge in [0, 0.05) is 15.7 Å².